The van der Waals surface area contributed by atoms with Crippen LogP contribution in [0.25, 0.3) is 10.9 Å². The Balaban J connectivity index is 1.60. The maximum Gasteiger partial charge on any atom is 0.226 e. The summed E-state index contributed by atoms with van der Waals surface area (Å²) in [4.78, 5) is 16.0. The van der Waals surface area contributed by atoms with Crippen molar-refractivity contribution in [3.8, 4) is 5.75 Å². The Morgan fingerprint density at radius 3 is 2.62 bits per heavy atom. The van der Waals surface area contributed by atoms with Gasteiger partial charge in [-0.25, -0.2) is 4.98 Å². The summed E-state index contributed by atoms with van der Waals surface area (Å²) in [6.45, 7) is 0.0357. The monoisotopic (exact) mass is 322 g/mol. The number of rotatable bonds is 6. The highest BCUT2D eigenvalue weighted by atomic mass is 16.5. The molecule has 0 radical (unpaired) electrons. The van der Waals surface area contributed by atoms with Crippen molar-refractivity contribution in [1.82, 2.24) is 10.3 Å². The number of aliphatic hydroxyl groups excluding tert-OH is 1. The highest BCUT2D eigenvalue weighted by Gasteiger charge is 2.03. The maximum absolute atomic E-state index is 11.4. The van der Waals surface area contributed by atoms with E-state index in [9.17, 15) is 4.79 Å². The first-order chi connectivity index (χ1) is 11.7. The first-order valence-electron chi connectivity index (χ1n) is 7.68. The lowest BCUT2D eigenvalue weighted by atomic mass is 10.1. The van der Waals surface area contributed by atoms with Crippen molar-refractivity contribution < 1.29 is 14.6 Å². The van der Waals surface area contributed by atoms with E-state index in [1.807, 2.05) is 60.7 Å². The van der Waals surface area contributed by atoms with Crippen LogP contribution in [0, 0.1) is 0 Å². The van der Waals surface area contributed by atoms with E-state index in [0.29, 0.717) is 6.61 Å². The van der Waals surface area contributed by atoms with Crippen molar-refractivity contribution in [3.05, 3.63) is 71.9 Å². The third kappa shape index (κ3) is 4.08. The van der Waals surface area contributed by atoms with Gasteiger partial charge in [0.1, 0.15) is 19.1 Å². The molecular formula is C19H18N2O3. The van der Waals surface area contributed by atoms with Crippen molar-refractivity contribution >= 4 is 16.8 Å². The first kappa shape index (κ1) is 16.0. The minimum atomic E-state index is -0.348. The number of aromatic nitrogens is 1. The van der Waals surface area contributed by atoms with Crippen LogP contribution in [-0.4, -0.2) is 22.7 Å². The smallest absolute Gasteiger partial charge is 0.226 e. The molecule has 0 atom stereocenters. The lowest BCUT2D eigenvalue weighted by Gasteiger charge is -2.08. The lowest BCUT2D eigenvalue weighted by Crippen LogP contribution is -2.25. The molecule has 1 aromatic heterocycles. The zero-order valence-electron chi connectivity index (χ0n) is 13.1. The SMILES string of the molecule is O=C(Cc1ccc(OCc2ccc3ccccc3n2)cc1)NCO. The van der Waals surface area contributed by atoms with Crippen LogP contribution in [0.4, 0.5) is 0 Å². The maximum atomic E-state index is 11.4. The predicted molar refractivity (Wildman–Crippen MR) is 91.4 cm³/mol. The molecule has 0 saturated carbocycles. The highest BCUT2D eigenvalue weighted by Crippen LogP contribution is 2.16. The van der Waals surface area contributed by atoms with Crippen molar-refractivity contribution in [3.63, 3.8) is 0 Å². The summed E-state index contributed by atoms with van der Waals surface area (Å²) in [5.74, 6) is 0.503. The van der Waals surface area contributed by atoms with Gasteiger partial charge in [-0.3, -0.25) is 4.79 Å². The van der Waals surface area contributed by atoms with Gasteiger partial charge in [0.05, 0.1) is 17.6 Å². The number of ether oxygens (including phenoxy) is 1. The third-order valence-corrected chi connectivity index (χ3v) is 3.61. The zero-order valence-corrected chi connectivity index (χ0v) is 13.1. The largest absolute Gasteiger partial charge is 0.487 e. The molecular weight excluding hydrogens is 304 g/mol. The number of amides is 1. The number of carbonyl (C=O) groups is 1. The minimum absolute atomic E-state index is 0.216. The second-order valence-corrected chi connectivity index (χ2v) is 5.36. The van der Waals surface area contributed by atoms with E-state index in [2.05, 4.69) is 10.3 Å². The van der Waals surface area contributed by atoms with Crippen molar-refractivity contribution in [2.75, 3.05) is 6.73 Å². The summed E-state index contributed by atoms with van der Waals surface area (Å²) in [5.41, 5.74) is 2.67. The molecule has 0 fully saturated rings. The number of benzene rings is 2. The fourth-order valence-corrected chi connectivity index (χ4v) is 2.39. The second-order valence-electron chi connectivity index (χ2n) is 5.36. The van der Waals surface area contributed by atoms with Gasteiger partial charge in [-0.15, -0.1) is 0 Å². The summed E-state index contributed by atoms with van der Waals surface area (Å²) in [7, 11) is 0. The van der Waals surface area contributed by atoms with Gasteiger partial charge in [0.15, 0.2) is 0 Å². The molecule has 0 unspecified atom stereocenters. The summed E-state index contributed by atoms with van der Waals surface area (Å²) in [6.07, 6.45) is 0.229. The second kappa shape index (κ2) is 7.57. The normalized spacial score (nSPS) is 10.5. The Kier molecular flexibility index (Phi) is 5.03. The van der Waals surface area contributed by atoms with E-state index >= 15 is 0 Å². The van der Waals surface area contributed by atoms with Crippen molar-refractivity contribution in [2.45, 2.75) is 13.0 Å². The van der Waals surface area contributed by atoms with Gasteiger partial charge in [0.2, 0.25) is 5.91 Å². The van der Waals surface area contributed by atoms with Crippen LogP contribution in [0.15, 0.2) is 60.7 Å². The quantitative estimate of drug-likeness (QED) is 0.684. The van der Waals surface area contributed by atoms with Gasteiger partial charge < -0.3 is 15.2 Å². The van der Waals surface area contributed by atoms with Crippen molar-refractivity contribution in [1.29, 1.82) is 0 Å². The van der Waals surface area contributed by atoms with Gasteiger partial charge >= 0.3 is 0 Å². The highest BCUT2D eigenvalue weighted by molar-refractivity contribution is 5.78. The molecule has 0 aliphatic heterocycles. The summed E-state index contributed by atoms with van der Waals surface area (Å²) >= 11 is 0. The first-order valence-corrected chi connectivity index (χ1v) is 7.68. The summed E-state index contributed by atoms with van der Waals surface area (Å²) in [5, 5.41) is 12.1. The average molecular weight is 322 g/mol. The molecule has 3 rings (SSSR count). The molecule has 0 bridgehead atoms. The molecule has 0 spiro atoms. The van der Waals surface area contributed by atoms with E-state index in [-0.39, 0.29) is 19.1 Å². The van der Waals surface area contributed by atoms with Crippen LogP contribution in [0.1, 0.15) is 11.3 Å². The van der Waals surface area contributed by atoms with Crippen LogP contribution >= 0.6 is 0 Å². The number of carbonyl (C=O) groups excluding carboxylic acids is 1. The molecule has 0 saturated heterocycles. The molecule has 0 aliphatic rings. The van der Waals surface area contributed by atoms with Gasteiger partial charge in [0.25, 0.3) is 0 Å². The molecule has 24 heavy (non-hydrogen) atoms. The van der Waals surface area contributed by atoms with Gasteiger partial charge in [-0.05, 0) is 29.8 Å². The molecule has 5 heteroatoms. The third-order valence-electron chi connectivity index (χ3n) is 3.61. The van der Waals surface area contributed by atoms with Crippen LogP contribution in [0.3, 0.4) is 0 Å². The van der Waals surface area contributed by atoms with E-state index in [0.717, 1.165) is 27.9 Å². The predicted octanol–water partition coefficient (Wildman–Crippen LogP) is 2.42. The molecule has 3 aromatic rings. The fraction of sp³-hybridized carbons (Fsp3) is 0.158. The molecule has 122 valence electrons. The number of fused-ring (bicyclic) bond motifs is 1. The molecule has 5 nitrogen and oxygen atoms in total. The van der Waals surface area contributed by atoms with Gasteiger partial charge in [0, 0.05) is 5.39 Å². The number of aliphatic hydroxyl groups is 1. The van der Waals surface area contributed by atoms with Crippen LogP contribution in [-0.2, 0) is 17.8 Å². The van der Waals surface area contributed by atoms with E-state index in [1.165, 1.54) is 0 Å². The van der Waals surface area contributed by atoms with E-state index in [1.54, 1.807) is 0 Å². The average Bonchev–Trinajstić information content (AvgIpc) is 2.61. The zero-order chi connectivity index (χ0) is 16.8. The standard InChI is InChI=1S/C19H18N2O3/c22-13-20-19(23)11-14-5-9-17(10-6-14)24-12-16-8-7-15-3-1-2-4-18(15)21-16/h1-10,22H,11-13H2,(H,20,23). The Bertz CT molecular complexity index is 831. The number of hydrogen-bond donors (Lipinski definition) is 2. The lowest BCUT2D eigenvalue weighted by molar-refractivity contribution is -0.121. The topological polar surface area (TPSA) is 71.5 Å². The van der Waals surface area contributed by atoms with Crippen molar-refractivity contribution in [2.24, 2.45) is 0 Å². The minimum Gasteiger partial charge on any atom is -0.487 e. The molecule has 1 amide bonds. The molecule has 2 N–H and O–H groups in total. The number of pyridine rings is 1. The summed E-state index contributed by atoms with van der Waals surface area (Å²) in [6, 6.07) is 19.3. The number of hydrogen-bond acceptors (Lipinski definition) is 4. The Morgan fingerprint density at radius 2 is 1.83 bits per heavy atom. The fourth-order valence-electron chi connectivity index (χ4n) is 2.39. The van der Waals surface area contributed by atoms with Gasteiger partial charge in [-0.2, -0.15) is 0 Å². The van der Waals surface area contributed by atoms with E-state index in [4.69, 9.17) is 9.84 Å². The molecule has 1 heterocycles. The Morgan fingerprint density at radius 1 is 1.04 bits per heavy atom. The number of nitrogens with one attached hydrogen (secondary N) is 1. The number of para-hydroxylation sites is 1. The molecule has 0 aliphatic carbocycles. The van der Waals surface area contributed by atoms with Crippen LogP contribution in [0.2, 0.25) is 0 Å². The Hall–Kier alpha value is -2.92. The van der Waals surface area contributed by atoms with E-state index < -0.39 is 0 Å². The van der Waals surface area contributed by atoms with Crippen LogP contribution in [0.5, 0.6) is 5.75 Å². The van der Waals surface area contributed by atoms with Crippen LogP contribution < -0.4 is 10.1 Å². The van der Waals surface area contributed by atoms with Gasteiger partial charge in [-0.1, -0.05) is 36.4 Å². The Labute approximate surface area is 139 Å². The molecule has 2 aromatic carbocycles. The summed E-state index contributed by atoms with van der Waals surface area (Å²) < 4.78 is 5.75. The number of nitrogens with zero attached hydrogens (tertiary/aromatic N) is 1.